The van der Waals surface area contributed by atoms with Crippen LogP contribution in [0.25, 0.3) is 0 Å². The van der Waals surface area contributed by atoms with Gasteiger partial charge in [-0.25, -0.2) is 0 Å². The zero-order valence-electron chi connectivity index (χ0n) is 11.6. The van der Waals surface area contributed by atoms with Crippen molar-refractivity contribution in [1.29, 1.82) is 0 Å². The second kappa shape index (κ2) is 4.19. The highest BCUT2D eigenvalue weighted by Gasteiger charge is 2.39. The lowest BCUT2D eigenvalue weighted by Gasteiger charge is -2.19. The highest BCUT2D eigenvalue weighted by atomic mass is 32.1. The molecule has 18 heavy (non-hydrogen) atoms. The van der Waals surface area contributed by atoms with Crippen molar-refractivity contribution in [3.8, 4) is 0 Å². The molecular weight excluding hydrogens is 246 g/mol. The Kier molecular flexibility index (Phi) is 3.09. The molecule has 0 aliphatic carbocycles. The second-order valence-corrected chi connectivity index (χ2v) is 7.07. The molecule has 1 aliphatic heterocycles. The Morgan fingerprint density at radius 1 is 1.17 bits per heavy atom. The van der Waals surface area contributed by atoms with E-state index in [2.05, 4.69) is 27.7 Å². The Labute approximate surface area is 112 Å². The molecule has 0 fully saturated rings. The minimum atomic E-state index is -0.144. The minimum Gasteiger partial charge on any atom is -0.277 e. The summed E-state index contributed by atoms with van der Waals surface area (Å²) in [6, 6.07) is 0. The summed E-state index contributed by atoms with van der Waals surface area (Å²) in [5.41, 5.74) is 1.87. The number of fused-ring (bicyclic) bond motifs is 1. The van der Waals surface area contributed by atoms with Gasteiger partial charge in [0.05, 0.1) is 5.56 Å². The minimum absolute atomic E-state index is 0.114. The molecule has 0 spiro atoms. The van der Waals surface area contributed by atoms with Crippen LogP contribution in [0.5, 0.6) is 0 Å². The van der Waals surface area contributed by atoms with Gasteiger partial charge in [-0.1, -0.05) is 27.7 Å². The zero-order valence-corrected chi connectivity index (χ0v) is 12.4. The fourth-order valence-corrected chi connectivity index (χ4v) is 3.53. The summed E-state index contributed by atoms with van der Waals surface area (Å²) in [7, 11) is 1.56. The topological polar surface area (TPSA) is 37.4 Å². The summed E-state index contributed by atoms with van der Waals surface area (Å²) in [5.74, 6) is -0.278. The van der Waals surface area contributed by atoms with Gasteiger partial charge in [0.1, 0.15) is 4.88 Å². The molecule has 0 bridgehead atoms. The molecule has 98 valence electrons. The van der Waals surface area contributed by atoms with Crippen LogP contribution in [0.4, 0.5) is 0 Å². The zero-order chi connectivity index (χ0) is 13.7. The molecule has 0 saturated carbocycles. The lowest BCUT2D eigenvalue weighted by molar-refractivity contribution is 0.0694. The maximum Gasteiger partial charge on any atom is 0.271 e. The van der Waals surface area contributed by atoms with Gasteiger partial charge in [0, 0.05) is 11.9 Å². The first-order chi connectivity index (χ1) is 8.26. The average molecular weight is 265 g/mol. The fourth-order valence-electron chi connectivity index (χ4n) is 2.30. The van der Waals surface area contributed by atoms with Gasteiger partial charge in [-0.3, -0.25) is 14.5 Å². The lowest BCUT2D eigenvalue weighted by atomic mass is 9.86. The van der Waals surface area contributed by atoms with Gasteiger partial charge >= 0.3 is 0 Å². The molecule has 0 N–H and O–H groups in total. The van der Waals surface area contributed by atoms with Crippen molar-refractivity contribution < 1.29 is 9.59 Å². The van der Waals surface area contributed by atoms with E-state index >= 15 is 0 Å². The molecular formula is C14H19NO2S. The summed E-state index contributed by atoms with van der Waals surface area (Å²) in [4.78, 5) is 27.2. The first-order valence-electron chi connectivity index (χ1n) is 6.23. The largest absolute Gasteiger partial charge is 0.277 e. The summed E-state index contributed by atoms with van der Waals surface area (Å²) >= 11 is 1.49. The first-order valence-corrected chi connectivity index (χ1v) is 7.05. The van der Waals surface area contributed by atoms with E-state index in [1.165, 1.54) is 21.1 Å². The van der Waals surface area contributed by atoms with Crippen molar-refractivity contribution in [2.24, 2.45) is 5.41 Å². The molecule has 4 heteroatoms. The smallest absolute Gasteiger partial charge is 0.271 e. The van der Waals surface area contributed by atoms with Crippen LogP contribution in [-0.4, -0.2) is 23.8 Å². The number of hydrogen-bond donors (Lipinski definition) is 0. The number of nitrogens with zero attached hydrogens (tertiary/aromatic N) is 1. The van der Waals surface area contributed by atoms with E-state index in [9.17, 15) is 9.59 Å². The molecule has 1 aromatic rings. The summed E-state index contributed by atoms with van der Waals surface area (Å²) < 4.78 is 0. The van der Waals surface area contributed by atoms with Crippen molar-refractivity contribution in [3.05, 3.63) is 20.9 Å². The maximum absolute atomic E-state index is 12.2. The number of carbonyl (C=O) groups is 2. The number of hydrogen-bond acceptors (Lipinski definition) is 3. The highest BCUT2D eigenvalue weighted by molar-refractivity contribution is 7.15. The van der Waals surface area contributed by atoms with Gasteiger partial charge in [0.25, 0.3) is 11.8 Å². The predicted octanol–water partition coefficient (Wildman–Crippen LogP) is 3.12. The Morgan fingerprint density at radius 2 is 1.78 bits per heavy atom. The van der Waals surface area contributed by atoms with E-state index in [-0.39, 0.29) is 17.2 Å². The maximum atomic E-state index is 12.2. The normalized spacial score (nSPS) is 15.5. The van der Waals surface area contributed by atoms with Crippen LogP contribution in [0, 0.1) is 5.41 Å². The molecule has 0 saturated heterocycles. The lowest BCUT2D eigenvalue weighted by Crippen LogP contribution is -2.25. The van der Waals surface area contributed by atoms with E-state index in [4.69, 9.17) is 0 Å². The van der Waals surface area contributed by atoms with Crippen LogP contribution in [-0.2, 0) is 12.8 Å². The molecule has 0 aromatic carbocycles. The molecule has 2 rings (SSSR count). The van der Waals surface area contributed by atoms with Gasteiger partial charge in [-0.15, -0.1) is 11.3 Å². The molecule has 3 nitrogen and oxygen atoms in total. The van der Waals surface area contributed by atoms with Gasteiger partial charge in [-0.05, 0) is 23.8 Å². The first kappa shape index (κ1) is 13.3. The molecule has 0 radical (unpaired) electrons. The number of thiophene rings is 1. The molecule has 0 atom stereocenters. The van der Waals surface area contributed by atoms with Crippen LogP contribution in [0.2, 0.25) is 0 Å². The predicted molar refractivity (Wildman–Crippen MR) is 73.3 cm³/mol. The van der Waals surface area contributed by atoms with E-state index in [1.807, 2.05) is 0 Å². The van der Waals surface area contributed by atoms with Crippen molar-refractivity contribution in [2.45, 2.75) is 40.5 Å². The van der Waals surface area contributed by atoms with Crippen LogP contribution >= 0.6 is 11.3 Å². The third-order valence-corrected chi connectivity index (χ3v) is 4.50. The van der Waals surface area contributed by atoms with Crippen molar-refractivity contribution in [2.75, 3.05) is 7.05 Å². The molecule has 0 unspecified atom stereocenters. The van der Waals surface area contributed by atoms with Gasteiger partial charge in [0.15, 0.2) is 0 Å². The average Bonchev–Trinajstić information content (AvgIpc) is 2.70. The van der Waals surface area contributed by atoms with Crippen LogP contribution in [0.1, 0.15) is 58.2 Å². The number of carbonyl (C=O) groups excluding carboxylic acids is 2. The van der Waals surface area contributed by atoms with E-state index in [1.54, 1.807) is 7.05 Å². The Bertz CT molecular complexity index is 523. The summed E-state index contributed by atoms with van der Waals surface area (Å²) in [6.45, 7) is 8.54. The highest BCUT2D eigenvalue weighted by Crippen LogP contribution is 2.38. The molecule has 2 heterocycles. The van der Waals surface area contributed by atoms with Crippen LogP contribution in [0.3, 0.4) is 0 Å². The summed E-state index contributed by atoms with van der Waals surface area (Å²) in [5, 5.41) is 0. The Balaban J connectivity index is 2.57. The van der Waals surface area contributed by atoms with E-state index in [0.29, 0.717) is 10.4 Å². The van der Waals surface area contributed by atoms with Gasteiger partial charge in [0.2, 0.25) is 0 Å². The molecule has 1 aromatic heterocycles. The number of imide groups is 1. The van der Waals surface area contributed by atoms with Gasteiger partial charge < -0.3 is 0 Å². The fraction of sp³-hybridized carbons (Fsp3) is 0.571. The van der Waals surface area contributed by atoms with Crippen LogP contribution in [0.15, 0.2) is 0 Å². The SMILES string of the molecule is CCc1sc2c(c1CC(C)(C)C)C(=O)N(C)C2=O. The van der Waals surface area contributed by atoms with Crippen LogP contribution < -0.4 is 0 Å². The van der Waals surface area contributed by atoms with E-state index < -0.39 is 0 Å². The van der Waals surface area contributed by atoms with Crippen molar-refractivity contribution >= 4 is 23.2 Å². The molecule has 2 amide bonds. The van der Waals surface area contributed by atoms with Crippen molar-refractivity contribution in [3.63, 3.8) is 0 Å². The van der Waals surface area contributed by atoms with Gasteiger partial charge in [-0.2, -0.15) is 0 Å². The Hall–Kier alpha value is -1.16. The second-order valence-electron chi connectivity index (χ2n) is 5.97. The number of aryl methyl sites for hydroxylation is 1. The Morgan fingerprint density at radius 3 is 2.28 bits per heavy atom. The van der Waals surface area contributed by atoms with E-state index in [0.717, 1.165) is 18.4 Å². The standard InChI is InChI=1S/C14H19NO2S/c1-6-9-8(7-14(2,3)4)10-11(18-9)13(17)15(5)12(10)16/h6-7H2,1-5H3. The quantitative estimate of drug-likeness (QED) is 0.770. The monoisotopic (exact) mass is 265 g/mol. The summed E-state index contributed by atoms with van der Waals surface area (Å²) in [6.07, 6.45) is 1.72. The molecule has 1 aliphatic rings. The third-order valence-electron chi connectivity index (χ3n) is 3.14. The number of amides is 2. The third kappa shape index (κ3) is 1.99. The number of rotatable bonds is 2. The van der Waals surface area contributed by atoms with Crippen molar-refractivity contribution in [1.82, 2.24) is 4.90 Å².